The average Bonchev–Trinajstić information content (AvgIpc) is 2.78. The number of aliphatic hydroxyl groups is 1. The molecule has 0 spiro atoms. The van der Waals surface area contributed by atoms with Gasteiger partial charge in [-0.3, -0.25) is 9.78 Å². The van der Waals surface area contributed by atoms with Crippen LogP contribution in [0.4, 0.5) is 0 Å². The molecule has 8 heteroatoms. The van der Waals surface area contributed by atoms with Crippen LogP contribution < -0.4 is 14.2 Å². The molecule has 0 saturated heterocycles. The van der Waals surface area contributed by atoms with E-state index in [4.69, 9.17) is 14.2 Å². The number of ether oxygens (including phenoxy) is 3. The summed E-state index contributed by atoms with van der Waals surface area (Å²) in [7, 11) is 4.69. The summed E-state index contributed by atoms with van der Waals surface area (Å²) in [6.07, 6.45) is 2.24. The van der Waals surface area contributed by atoms with Gasteiger partial charge in [0.15, 0.2) is 5.78 Å². The zero-order valence-electron chi connectivity index (χ0n) is 21.8. The number of nitrogens with zero attached hydrogens (tertiary/aromatic N) is 2. The minimum atomic E-state index is -0.426. The summed E-state index contributed by atoms with van der Waals surface area (Å²) in [6.45, 7) is 13.3. The maximum Gasteiger partial charge on any atom is 0.167 e. The summed E-state index contributed by atoms with van der Waals surface area (Å²) in [5, 5.41) is 10.0. The van der Waals surface area contributed by atoms with Crippen molar-refractivity contribution in [3.05, 3.63) is 41.8 Å². The van der Waals surface area contributed by atoms with Crippen molar-refractivity contribution in [3.8, 4) is 28.8 Å². The Labute approximate surface area is 218 Å². The Bertz CT molecular complexity index is 976. The molecule has 0 aliphatic heterocycles. The number of carbonyl (C=O) groups excluding carboxylic acids is 1. The van der Waals surface area contributed by atoms with E-state index in [1.807, 2.05) is 48.5 Å². The van der Waals surface area contributed by atoms with Crippen LogP contribution in [0.25, 0.3) is 11.3 Å². The Balaban J connectivity index is 0.000000635. The largest absolute Gasteiger partial charge is 0.524 e. The first-order valence-corrected chi connectivity index (χ1v) is 10.8. The van der Waals surface area contributed by atoms with Gasteiger partial charge in [-0.15, -0.1) is 6.07 Å². The van der Waals surface area contributed by atoms with Crippen LogP contribution in [0.15, 0.2) is 35.7 Å². The van der Waals surface area contributed by atoms with Crippen molar-refractivity contribution in [2.24, 2.45) is 10.8 Å². The second-order valence-electron chi connectivity index (χ2n) is 9.42. The summed E-state index contributed by atoms with van der Waals surface area (Å²) in [4.78, 5) is 20.5. The van der Waals surface area contributed by atoms with Crippen molar-refractivity contribution in [3.63, 3.8) is 0 Å². The predicted molar refractivity (Wildman–Crippen MR) is 130 cm³/mol. The number of rotatable bonds is 6. The van der Waals surface area contributed by atoms with Crippen molar-refractivity contribution in [1.82, 2.24) is 9.97 Å². The topological polar surface area (TPSA) is 90.8 Å². The molecular formula is C26H37N2O5Pt-. The standard InChI is InChI=1S/C13H13N2O3.C13H24O2.Pt/c1-16-9-6-7-14-11(8-9)10-4-5-12(17-2)15-13(10)18-3;1-8-9(10(14)12(2,3)4)11(15)13(5,6)7;/h5-8H,1-3H3;14H,8H2,1-7H3;/q-1;;/b;10-9-;. The van der Waals surface area contributed by atoms with Gasteiger partial charge in [0.05, 0.1) is 21.3 Å². The van der Waals surface area contributed by atoms with Crippen LogP contribution in [-0.2, 0) is 25.9 Å². The van der Waals surface area contributed by atoms with Crippen LogP contribution in [0.5, 0.6) is 17.5 Å². The molecule has 0 unspecified atom stereocenters. The Hall–Kier alpha value is -2.40. The van der Waals surface area contributed by atoms with Crippen molar-refractivity contribution in [1.29, 1.82) is 0 Å². The molecule has 2 aromatic rings. The predicted octanol–water partition coefficient (Wildman–Crippen LogP) is 5.84. The van der Waals surface area contributed by atoms with Gasteiger partial charge in [-0.05, 0) is 24.2 Å². The number of ketones is 1. The number of methoxy groups -OCH3 is 3. The van der Waals surface area contributed by atoms with E-state index in [1.165, 1.54) is 0 Å². The molecule has 1 N–H and O–H groups in total. The number of Topliss-reactive ketones (excluding diaryl/α,β-unsaturated/α-hetero) is 1. The second-order valence-corrected chi connectivity index (χ2v) is 9.42. The van der Waals surface area contributed by atoms with E-state index in [1.54, 1.807) is 45.7 Å². The first kappa shape index (κ1) is 31.6. The summed E-state index contributed by atoms with van der Waals surface area (Å²) in [5.41, 5.74) is 1.13. The number of carbonyl (C=O) groups is 1. The number of pyridine rings is 2. The minimum absolute atomic E-state index is 0. The van der Waals surface area contributed by atoms with E-state index in [-0.39, 0.29) is 38.0 Å². The van der Waals surface area contributed by atoms with Gasteiger partial charge < -0.3 is 24.3 Å². The summed E-state index contributed by atoms with van der Waals surface area (Å²) < 4.78 is 15.4. The smallest absolute Gasteiger partial charge is 0.167 e. The molecule has 0 bridgehead atoms. The fraction of sp³-hybridized carbons (Fsp3) is 0.500. The summed E-state index contributed by atoms with van der Waals surface area (Å²) >= 11 is 0. The Morgan fingerprint density at radius 1 is 1.03 bits per heavy atom. The molecule has 0 saturated carbocycles. The molecule has 192 valence electrons. The molecule has 0 aromatic carbocycles. The van der Waals surface area contributed by atoms with Gasteiger partial charge in [-0.25, -0.2) is 0 Å². The van der Waals surface area contributed by atoms with Gasteiger partial charge in [0.2, 0.25) is 0 Å². The number of aliphatic hydroxyl groups excluding tert-OH is 1. The molecule has 2 heterocycles. The Morgan fingerprint density at radius 3 is 2.09 bits per heavy atom. The molecule has 0 aliphatic carbocycles. The second kappa shape index (κ2) is 13.5. The molecule has 2 aromatic heterocycles. The summed E-state index contributed by atoms with van der Waals surface area (Å²) in [5.74, 6) is 1.84. The normalized spacial score (nSPS) is 11.8. The van der Waals surface area contributed by atoms with E-state index in [2.05, 4.69) is 16.0 Å². The van der Waals surface area contributed by atoms with Gasteiger partial charge in [-0.2, -0.15) is 0 Å². The quantitative estimate of drug-likeness (QED) is 0.238. The van der Waals surface area contributed by atoms with E-state index in [9.17, 15) is 9.90 Å². The molecule has 0 amide bonds. The van der Waals surface area contributed by atoms with E-state index in [0.29, 0.717) is 40.8 Å². The van der Waals surface area contributed by atoms with Crippen LogP contribution in [0.2, 0.25) is 0 Å². The van der Waals surface area contributed by atoms with E-state index in [0.717, 1.165) is 0 Å². The first-order chi connectivity index (χ1) is 15.3. The number of aromatic nitrogens is 2. The molecule has 0 radical (unpaired) electrons. The number of hydrogen-bond acceptors (Lipinski definition) is 7. The van der Waals surface area contributed by atoms with Crippen LogP contribution >= 0.6 is 0 Å². The van der Waals surface area contributed by atoms with Crippen LogP contribution in [-0.4, -0.2) is 42.2 Å². The molecular weight excluding hydrogens is 615 g/mol. The van der Waals surface area contributed by atoms with Gasteiger partial charge >= 0.3 is 0 Å². The molecule has 0 aliphatic rings. The van der Waals surface area contributed by atoms with Crippen LogP contribution in [0, 0.1) is 16.9 Å². The number of allylic oxidation sites excluding steroid dienone is 2. The van der Waals surface area contributed by atoms with Crippen molar-refractivity contribution < 1.29 is 45.2 Å². The third kappa shape index (κ3) is 8.75. The van der Waals surface area contributed by atoms with Crippen molar-refractivity contribution in [2.45, 2.75) is 54.9 Å². The van der Waals surface area contributed by atoms with Crippen LogP contribution in [0.3, 0.4) is 0 Å². The Morgan fingerprint density at radius 2 is 1.65 bits per heavy atom. The molecule has 7 nitrogen and oxygen atoms in total. The molecule has 0 atom stereocenters. The average molecular weight is 653 g/mol. The first-order valence-electron chi connectivity index (χ1n) is 10.8. The van der Waals surface area contributed by atoms with Crippen molar-refractivity contribution in [2.75, 3.05) is 21.3 Å². The van der Waals surface area contributed by atoms with Crippen molar-refractivity contribution >= 4 is 5.78 Å². The number of hydrogen-bond donors (Lipinski definition) is 1. The van der Waals surface area contributed by atoms with Gasteiger partial charge in [0.25, 0.3) is 0 Å². The SMILES string of the molecule is CC/C(C(=O)C(C)(C)C)=C(/O)C(C)(C)C.COc1ccnc(-c2[c-]cc(OC)nc2OC)c1.[Pt]. The third-order valence-electron chi connectivity index (χ3n) is 4.70. The zero-order valence-corrected chi connectivity index (χ0v) is 24.1. The van der Waals surface area contributed by atoms with Gasteiger partial charge in [-0.1, -0.05) is 60.1 Å². The fourth-order valence-corrected chi connectivity index (χ4v) is 2.84. The van der Waals surface area contributed by atoms with Crippen LogP contribution in [0.1, 0.15) is 54.9 Å². The Kier molecular flexibility index (Phi) is 12.5. The molecule has 0 fully saturated rings. The van der Waals surface area contributed by atoms with E-state index < -0.39 is 5.41 Å². The minimum Gasteiger partial charge on any atom is -0.524 e. The monoisotopic (exact) mass is 652 g/mol. The van der Waals surface area contributed by atoms with Gasteiger partial charge in [0.1, 0.15) is 23.3 Å². The van der Waals surface area contributed by atoms with E-state index >= 15 is 0 Å². The summed E-state index contributed by atoms with van der Waals surface area (Å²) in [6, 6.07) is 8.25. The fourth-order valence-electron chi connectivity index (χ4n) is 2.84. The maximum atomic E-state index is 12.1. The molecule has 2 rings (SSSR count). The molecule has 34 heavy (non-hydrogen) atoms. The zero-order chi connectivity index (χ0) is 25.4. The maximum absolute atomic E-state index is 12.1. The third-order valence-corrected chi connectivity index (χ3v) is 4.70. The van der Waals surface area contributed by atoms with Gasteiger partial charge in [0, 0.05) is 43.7 Å².